The first-order valence-electron chi connectivity index (χ1n) is 9.52. The van der Waals surface area contributed by atoms with Crippen LogP contribution in [0.15, 0.2) is 70.5 Å². The number of halogens is 1. The number of pyridine rings is 1. The zero-order valence-corrected chi connectivity index (χ0v) is 17.2. The number of hydrogen-bond acceptors (Lipinski definition) is 5. The summed E-state index contributed by atoms with van der Waals surface area (Å²) in [5.74, 6) is 0.120. The average molecular weight is 433 g/mol. The highest BCUT2D eigenvalue weighted by Gasteiger charge is 2.17. The molecule has 0 aliphatic carbocycles. The minimum atomic E-state index is -0.325. The third-order valence-corrected chi connectivity index (χ3v) is 5.57. The van der Waals surface area contributed by atoms with Crippen LogP contribution in [-0.2, 0) is 13.6 Å². The molecule has 9 heteroatoms. The molecule has 154 valence electrons. The highest BCUT2D eigenvalue weighted by molar-refractivity contribution is 6.35. The van der Waals surface area contributed by atoms with E-state index in [0.717, 1.165) is 0 Å². The molecule has 0 spiro atoms. The zero-order chi connectivity index (χ0) is 21.7. The van der Waals surface area contributed by atoms with Gasteiger partial charge in [-0.05, 0) is 29.7 Å². The molecule has 0 fully saturated rings. The Bertz CT molecular complexity index is 1580. The van der Waals surface area contributed by atoms with Crippen LogP contribution in [0.2, 0.25) is 5.02 Å². The van der Waals surface area contributed by atoms with Crippen molar-refractivity contribution in [1.29, 1.82) is 0 Å². The predicted octanol–water partition coefficient (Wildman–Crippen LogP) is 2.72. The maximum atomic E-state index is 13.5. The largest absolute Gasteiger partial charge is 0.381 e. The van der Waals surface area contributed by atoms with E-state index in [4.69, 9.17) is 17.3 Å². The highest BCUT2D eigenvalue weighted by Crippen LogP contribution is 2.23. The number of fused-ring (bicyclic) bond motifs is 2. The Morgan fingerprint density at radius 1 is 1.00 bits per heavy atom. The zero-order valence-electron chi connectivity index (χ0n) is 16.5. The van der Waals surface area contributed by atoms with E-state index in [0.29, 0.717) is 32.8 Å². The van der Waals surface area contributed by atoms with E-state index in [1.807, 2.05) is 42.5 Å². The number of nitrogens with zero attached hydrogens (tertiary/aromatic N) is 5. The first-order valence-corrected chi connectivity index (χ1v) is 9.89. The smallest absolute Gasteiger partial charge is 0.267 e. The van der Waals surface area contributed by atoms with Gasteiger partial charge in [0, 0.05) is 18.4 Å². The van der Waals surface area contributed by atoms with Gasteiger partial charge in [0.25, 0.3) is 11.1 Å². The van der Waals surface area contributed by atoms with Gasteiger partial charge in [-0.15, -0.1) is 0 Å². The normalized spacial score (nSPS) is 11.4. The molecule has 5 aromatic rings. The lowest BCUT2D eigenvalue weighted by molar-refractivity contribution is 0.700. The third-order valence-electron chi connectivity index (χ3n) is 5.26. The second-order valence-electron chi connectivity index (χ2n) is 7.20. The predicted molar refractivity (Wildman–Crippen MR) is 121 cm³/mol. The molecule has 8 nitrogen and oxygen atoms in total. The van der Waals surface area contributed by atoms with Crippen LogP contribution in [0.1, 0.15) is 5.69 Å². The molecule has 0 saturated carbocycles. The number of anilines is 1. The summed E-state index contributed by atoms with van der Waals surface area (Å²) >= 11 is 6.34. The van der Waals surface area contributed by atoms with Gasteiger partial charge in [-0.25, -0.2) is 9.67 Å². The molecule has 0 radical (unpaired) electrons. The van der Waals surface area contributed by atoms with Gasteiger partial charge in [0.2, 0.25) is 0 Å². The molecule has 0 aliphatic heterocycles. The lowest BCUT2D eigenvalue weighted by atomic mass is 10.1. The summed E-state index contributed by atoms with van der Waals surface area (Å²) in [4.78, 5) is 30.9. The standard InChI is InChI=1S/C22H17ClN6O2/c1-27-20-18(19(24)26-27)21(30)28(12-25-20)11-15-10-13-6-5-9-16(23)17(13)22(31)29(15)14-7-3-2-4-8-14/h2-10,12H,11H2,1H3,(H2,24,26). The molecule has 0 aliphatic rings. The summed E-state index contributed by atoms with van der Waals surface area (Å²) in [6.07, 6.45) is 1.44. The van der Waals surface area contributed by atoms with Crippen molar-refractivity contribution >= 4 is 39.2 Å². The summed E-state index contributed by atoms with van der Waals surface area (Å²) < 4.78 is 4.46. The fraction of sp³-hybridized carbons (Fsp3) is 0.0909. The number of para-hydroxylation sites is 1. The quantitative estimate of drug-likeness (QED) is 0.472. The van der Waals surface area contributed by atoms with Gasteiger partial charge >= 0.3 is 0 Å². The molecule has 2 aromatic carbocycles. The van der Waals surface area contributed by atoms with Gasteiger partial charge in [0.05, 0.1) is 17.0 Å². The third kappa shape index (κ3) is 3.00. The monoisotopic (exact) mass is 432 g/mol. The Kier molecular flexibility index (Phi) is 4.37. The van der Waals surface area contributed by atoms with Crippen LogP contribution >= 0.6 is 11.6 Å². The second kappa shape index (κ2) is 7.10. The van der Waals surface area contributed by atoms with Gasteiger partial charge in [-0.3, -0.25) is 18.7 Å². The SMILES string of the molecule is Cn1nc(N)c2c(=O)n(Cc3cc4cccc(Cl)c4c(=O)n3-c3ccccc3)cnc21. The van der Waals surface area contributed by atoms with Crippen LogP contribution in [-0.4, -0.2) is 23.9 Å². The Morgan fingerprint density at radius 3 is 2.55 bits per heavy atom. The van der Waals surface area contributed by atoms with Crippen molar-refractivity contribution in [3.63, 3.8) is 0 Å². The minimum absolute atomic E-state index is 0.114. The summed E-state index contributed by atoms with van der Waals surface area (Å²) in [7, 11) is 1.68. The summed E-state index contributed by atoms with van der Waals surface area (Å²) in [5, 5.41) is 5.83. The van der Waals surface area contributed by atoms with Gasteiger partial charge in [0.15, 0.2) is 11.5 Å². The van der Waals surface area contributed by atoms with Crippen LogP contribution in [0.3, 0.4) is 0 Å². The number of nitrogen functional groups attached to an aromatic ring is 1. The first kappa shape index (κ1) is 19.1. The fourth-order valence-electron chi connectivity index (χ4n) is 3.85. The van der Waals surface area contributed by atoms with Crippen molar-refractivity contribution in [2.75, 3.05) is 5.73 Å². The first-order chi connectivity index (χ1) is 15.0. The van der Waals surface area contributed by atoms with Crippen LogP contribution in [0, 0.1) is 0 Å². The van der Waals surface area contributed by atoms with E-state index in [2.05, 4.69) is 10.1 Å². The summed E-state index contributed by atoms with van der Waals surface area (Å²) in [6, 6.07) is 16.4. The van der Waals surface area contributed by atoms with Crippen molar-refractivity contribution in [3.8, 4) is 5.69 Å². The van der Waals surface area contributed by atoms with Gasteiger partial charge < -0.3 is 5.73 Å². The van der Waals surface area contributed by atoms with Crippen LogP contribution in [0.5, 0.6) is 0 Å². The molecule has 0 atom stereocenters. The summed E-state index contributed by atoms with van der Waals surface area (Å²) in [6.45, 7) is 0.114. The van der Waals surface area contributed by atoms with E-state index in [1.165, 1.54) is 15.6 Å². The summed E-state index contributed by atoms with van der Waals surface area (Å²) in [5.41, 5.74) is 7.03. The van der Waals surface area contributed by atoms with E-state index in [1.54, 1.807) is 23.7 Å². The van der Waals surface area contributed by atoms with Crippen LogP contribution in [0.4, 0.5) is 5.82 Å². The second-order valence-corrected chi connectivity index (χ2v) is 7.61. The Balaban J connectivity index is 1.78. The Hall–Kier alpha value is -3.91. The number of benzene rings is 2. The number of aromatic nitrogens is 5. The van der Waals surface area contributed by atoms with Gasteiger partial charge in [-0.2, -0.15) is 5.10 Å². The molecule has 5 rings (SSSR count). The number of rotatable bonds is 3. The van der Waals surface area contributed by atoms with Crippen LogP contribution in [0.25, 0.3) is 27.5 Å². The maximum Gasteiger partial charge on any atom is 0.267 e. The number of nitrogens with two attached hydrogens (primary N) is 1. The lowest BCUT2D eigenvalue weighted by Crippen LogP contribution is -2.27. The van der Waals surface area contributed by atoms with E-state index < -0.39 is 0 Å². The van der Waals surface area contributed by atoms with Crippen molar-refractivity contribution in [3.05, 3.63) is 92.3 Å². The molecule has 0 bridgehead atoms. The molecule has 0 amide bonds. The average Bonchev–Trinajstić information content (AvgIpc) is 3.04. The molecule has 0 saturated heterocycles. The van der Waals surface area contributed by atoms with E-state index in [9.17, 15) is 9.59 Å². The number of aryl methyl sites for hydroxylation is 1. The Labute approximate surface area is 180 Å². The van der Waals surface area contributed by atoms with Crippen molar-refractivity contribution in [1.82, 2.24) is 23.9 Å². The van der Waals surface area contributed by atoms with Gasteiger partial charge in [0.1, 0.15) is 11.7 Å². The molecule has 31 heavy (non-hydrogen) atoms. The molecule has 2 N–H and O–H groups in total. The molecular weight excluding hydrogens is 416 g/mol. The van der Waals surface area contributed by atoms with Crippen LogP contribution < -0.4 is 16.9 Å². The van der Waals surface area contributed by atoms with E-state index >= 15 is 0 Å². The topological polar surface area (TPSA) is 101 Å². The molecule has 3 aromatic heterocycles. The highest BCUT2D eigenvalue weighted by atomic mass is 35.5. The van der Waals surface area contributed by atoms with Crippen molar-refractivity contribution < 1.29 is 0 Å². The molecule has 0 unspecified atom stereocenters. The Morgan fingerprint density at radius 2 is 1.77 bits per heavy atom. The van der Waals surface area contributed by atoms with Crippen molar-refractivity contribution in [2.24, 2.45) is 7.05 Å². The lowest BCUT2D eigenvalue weighted by Gasteiger charge is -2.16. The van der Waals surface area contributed by atoms with E-state index in [-0.39, 0.29) is 28.9 Å². The molecule has 3 heterocycles. The van der Waals surface area contributed by atoms with Crippen molar-refractivity contribution in [2.45, 2.75) is 6.54 Å². The fourth-order valence-corrected chi connectivity index (χ4v) is 4.11. The van der Waals surface area contributed by atoms with Gasteiger partial charge in [-0.1, -0.05) is 41.9 Å². The maximum absolute atomic E-state index is 13.5. The number of hydrogen-bond donors (Lipinski definition) is 1. The minimum Gasteiger partial charge on any atom is -0.381 e. The molecular formula is C22H17ClN6O2.